The summed E-state index contributed by atoms with van der Waals surface area (Å²) in [6.45, 7) is 15.4. The quantitative estimate of drug-likeness (QED) is 0.266. The lowest BCUT2D eigenvalue weighted by Gasteiger charge is -2.32. The molecule has 0 aromatic carbocycles. The van der Waals surface area contributed by atoms with Crippen molar-refractivity contribution in [3.05, 3.63) is 21.7 Å². The van der Waals surface area contributed by atoms with Crippen LogP contribution in [0.1, 0.15) is 95.6 Å². The number of amides is 3. The molecule has 3 unspecified atom stereocenters. The topological polar surface area (TPSA) is 104 Å². The first-order valence-corrected chi connectivity index (χ1v) is 17.0. The molecule has 9 heteroatoms. The Labute approximate surface area is 257 Å². The normalized spacial score (nSPS) is 19.6. The second-order valence-electron chi connectivity index (χ2n) is 12.4. The third kappa shape index (κ3) is 10.1. The molecule has 0 bridgehead atoms. The molecule has 0 aliphatic heterocycles. The third-order valence-electron chi connectivity index (χ3n) is 8.90. The van der Waals surface area contributed by atoms with Crippen molar-refractivity contribution in [2.75, 3.05) is 26.2 Å². The number of thiazole rings is 1. The molecule has 8 nitrogen and oxygen atoms in total. The van der Waals surface area contributed by atoms with Crippen molar-refractivity contribution in [3.63, 3.8) is 0 Å². The van der Waals surface area contributed by atoms with Crippen LogP contribution in [0.5, 0.6) is 0 Å². The maximum Gasteiger partial charge on any atom is 0.245 e. The number of fused-ring (bicyclic) bond motifs is 1. The van der Waals surface area contributed by atoms with E-state index in [1.165, 1.54) is 17.5 Å². The van der Waals surface area contributed by atoms with E-state index in [0.29, 0.717) is 43.7 Å². The number of nitrogens with zero attached hydrogens (tertiary/aromatic N) is 3. The molecular weight excluding hydrogens is 546 g/mol. The Hall–Kier alpha value is -2.39. The molecule has 2 aliphatic carbocycles. The Morgan fingerprint density at radius 3 is 2.45 bits per heavy atom. The van der Waals surface area contributed by atoms with Crippen LogP contribution < -0.4 is 10.6 Å². The lowest BCUT2D eigenvalue weighted by molar-refractivity contribution is -0.127. The first kappa shape index (κ1) is 34.1. The van der Waals surface area contributed by atoms with Crippen LogP contribution >= 0.6 is 11.3 Å². The Kier molecular flexibility index (Phi) is 13.8. The van der Waals surface area contributed by atoms with E-state index in [1.54, 1.807) is 18.3 Å². The first-order valence-electron chi connectivity index (χ1n) is 16.2. The molecule has 2 N–H and O–H groups in total. The van der Waals surface area contributed by atoms with Crippen molar-refractivity contribution >= 4 is 41.3 Å². The molecule has 1 fully saturated rings. The van der Waals surface area contributed by atoms with Crippen LogP contribution in [-0.4, -0.2) is 66.0 Å². The van der Waals surface area contributed by atoms with Gasteiger partial charge in [0.2, 0.25) is 17.7 Å². The Balaban J connectivity index is 1.73. The average Bonchev–Trinajstić information content (AvgIpc) is 3.41. The Bertz CT molecular complexity index is 1090. The van der Waals surface area contributed by atoms with E-state index < -0.39 is 5.92 Å². The number of allylic oxidation sites excluding steroid dienone is 1. The second-order valence-corrected chi connectivity index (χ2v) is 13.5. The fourth-order valence-corrected chi connectivity index (χ4v) is 7.08. The zero-order chi connectivity index (χ0) is 30.6. The Morgan fingerprint density at radius 2 is 1.81 bits per heavy atom. The molecule has 2 aliphatic rings. The summed E-state index contributed by atoms with van der Waals surface area (Å²) < 4.78 is 0. The maximum atomic E-state index is 13.8. The molecule has 0 saturated heterocycles. The van der Waals surface area contributed by atoms with Crippen LogP contribution in [0.4, 0.5) is 0 Å². The zero-order valence-electron chi connectivity index (χ0n) is 26.7. The van der Waals surface area contributed by atoms with Crippen LogP contribution in [0.25, 0.3) is 6.08 Å². The van der Waals surface area contributed by atoms with E-state index in [1.807, 2.05) is 6.92 Å². The SMILES string of the molecule is CCC(=O)N=CC(Cc1nc2c(s1)CC(C(C)C)C=C2)C(=O)N[C@H](CNC(=O)C(C)CN(CC)CC)C1CCCCC1. The van der Waals surface area contributed by atoms with Gasteiger partial charge in [-0.3, -0.25) is 14.4 Å². The highest BCUT2D eigenvalue weighted by molar-refractivity contribution is 7.11. The molecule has 1 saturated carbocycles. The van der Waals surface area contributed by atoms with Crippen LogP contribution in [-0.2, 0) is 27.2 Å². The summed E-state index contributed by atoms with van der Waals surface area (Å²) in [5, 5.41) is 7.32. The number of hydrogen-bond donors (Lipinski definition) is 2. The van der Waals surface area contributed by atoms with E-state index in [4.69, 9.17) is 4.98 Å². The van der Waals surface area contributed by atoms with Gasteiger partial charge in [-0.25, -0.2) is 9.98 Å². The highest BCUT2D eigenvalue weighted by Crippen LogP contribution is 2.32. The van der Waals surface area contributed by atoms with Crippen molar-refractivity contribution in [1.29, 1.82) is 0 Å². The minimum absolute atomic E-state index is 0.0183. The van der Waals surface area contributed by atoms with Gasteiger partial charge in [0, 0.05) is 49.0 Å². The largest absolute Gasteiger partial charge is 0.354 e. The van der Waals surface area contributed by atoms with Crippen molar-refractivity contribution < 1.29 is 14.4 Å². The lowest BCUT2D eigenvalue weighted by atomic mass is 9.83. The minimum atomic E-state index is -0.610. The highest BCUT2D eigenvalue weighted by Gasteiger charge is 2.30. The van der Waals surface area contributed by atoms with Crippen molar-refractivity contribution in [2.45, 2.75) is 99.0 Å². The van der Waals surface area contributed by atoms with Gasteiger partial charge in [0.1, 0.15) is 0 Å². The van der Waals surface area contributed by atoms with Crippen molar-refractivity contribution in [2.24, 2.45) is 34.6 Å². The van der Waals surface area contributed by atoms with Crippen LogP contribution in [0.2, 0.25) is 0 Å². The molecule has 0 radical (unpaired) electrons. The Morgan fingerprint density at radius 1 is 1.10 bits per heavy atom. The highest BCUT2D eigenvalue weighted by atomic mass is 32.1. The van der Waals surface area contributed by atoms with E-state index >= 15 is 0 Å². The number of carbonyl (C=O) groups is 3. The first-order chi connectivity index (χ1) is 20.1. The van der Waals surface area contributed by atoms with Gasteiger partial charge in [-0.2, -0.15) is 0 Å². The van der Waals surface area contributed by atoms with Gasteiger partial charge in [-0.15, -0.1) is 11.3 Å². The summed E-state index contributed by atoms with van der Waals surface area (Å²) in [5.74, 6) is 0.234. The number of carbonyl (C=O) groups excluding carboxylic acids is 3. The predicted molar refractivity (Wildman–Crippen MR) is 173 cm³/mol. The van der Waals surface area contributed by atoms with Crippen molar-refractivity contribution in [1.82, 2.24) is 20.5 Å². The molecule has 1 aromatic rings. The summed E-state index contributed by atoms with van der Waals surface area (Å²) in [7, 11) is 0. The second kappa shape index (κ2) is 17.0. The van der Waals surface area contributed by atoms with Gasteiger partial charge >= 0.3 is 0 Å². The van der Waals surface area contributed by atoms with Crippen LogP contribution in [0.15, 0.2) is 11.1 Å². The third-order valence-corrected chi connectivity index (χ3v) is 10.0. The predicted octanol–water partition coefficient (Wildman–Crippen LogP) is 5.31. The van der Waals surface area contributed by atoms with Gasteiger partial charge in [0.25, 0.3) is 0 Å². The molecule has 234 valence electrons. The van der Waals surface area contributed by atoms with Gasteiger partial charge < -0.3 is 15.5 Å². The zero-order valence-corrected chi connectivity index (χ0v) is 27.5. The molecule has 3 amide bonds. The van der Waals surface area contributed by atoms with Gasteiger partial charge in [0.05, 0.1) is 16.6 Å². The maximum absolute atomic E-state index is 13.8. The summed E-state index contributed by atoms with van der Waals surface area (Å²) in [6.07, 6.45) is 13.1. The summed E-state index contributed by atoms with van der Waals surface area (Å²) in [4.78, 5) is 51.4. The molecule has 3 rings (SSSR count). The standard InChI is InChI=1S/C33H53N5O3S/c1-7-30(39)34-19-26(18-31-36-27-16-15-25(22(4)5)17-29(27)42-31)33(41)37-28(24-13-11-10-12-14-24)20-35-32(40)23(6)21-38(8-2)9-3/h15-16,19,22-26,28H,7-14,17-18,20-21H2,1-6H3,(H,35,40)(H,37,41)/t23?,25?,26?,28-/m1/s1. The monoisotopic (exact) mass is 599 g/mol. The smallest absolute Gasteiger partial charge is 0.245 e. The van der Waals surface area contributed by atoms with Gasteiger partial charge in [-0.05, 0) is 56.2 Å². The van der Waals surface area contributed by atoms with Gasteiger partial charge in [-0.1, -0.05) is 66.9 Å². The van der Waals surface area contributed by atoms with E-state index in [-0.39, 0.29) is 29.7 Å². The molecule has 1 heterocycles. The van der Waals surface area contributed by atoms with Crippen molar-refractivity contribution in [3.8, 4) is 0 Å². The number of nitrogens with one attached hydrogen (secondary N) is 2. The lowest BCUT2D eigenvalue weighted by Crippen LogP contribution is -2.51. The molecule has 1 aromatic heterocycles. The van der Waals surface area contributed by atoms with E-state index in [9.17, 15) is 14.4 Å². The summed E-state index contributed by atoms with van der Waals surface area (Å²) >= 11 is 1.67. The summed E-state index contributed by atoms with van der Waals surface area (Å²) in [5.41, 5.74) is 0.995. The minimum Gasteiger partial charge on any atom is -0.354 e. The van der Waals surface area contributed by atoms with E-state index in [2.05, 4.69) is 60.4 Å². The average molecular weight is 600 g/mol. The number of hydrogen-bond acceptors (Lipinski definition) is 6. The molecule has 42 heavy (non-hydrogen) atoms. The van der Waals surface area contributed by atoms with Crippen LogP contribution in [0, 0.1) is 29.6 Å². The fourth-order valence-electron chi connectivity index (χ4n) is 5.90. The molecule has 0 spiro atoms. The fraction of sp³-hybridized carbons (Fsp3) is 0.727. The van der Waals surface area contributed by atoms with E-state index in [0.717, 1.165) is 55.9 Å². The summed E-state index contributed by atoms with van der Waals surface area (Å²) in [6, 6.07) is -0.167. The molecular formula is C33H53N5O3S. The number of aromatic nitrogens is 1. The number of rotatable bonds is 15. The molecule has 4 atom stereocenters. The van der Waals surface area contributed by atoms with Crippen LogP contribution in [0.3, 0.4) is 0 Å². The van der Waals surface area contributed by atoms with Gasteiger partial charge in [0.15, 0.2) is 0 Å². The number of aliphatic imine (C=N–C) groups is 1.